The van der Waals surface area contributed by atoms with Crippen molar-refractivity contribution in [1.82, 2.24) is 10.3 Å². The summed E-state index contributed by atoms with van der Waals surface area (Å²) in [6.45, 7) is 4.25. The second-order valence-corrected chi connectivity index (χ2v) is 7.40. The first kappa shape index (κ1) is 20.8. The Labute approximate surface area is 165 Å². The zero-order valence-electron chi connectivity index (χ0n) is 15.3. The van der Waals surface area contributed by atoms with Gasteiger partial charge in [0.15, 0.2) is 0 Å². The van der Waals surface area contributed by atoms with E-state index in [0.29, 0.717) is 18.2 Å². The number of carbonyl (C=O) groups excluding carboxylic acids is 1. The van der Waals surface area contributed by atoms with E-state index < -0.39 is 10.5 Å². The van der Waals surface area contributed by atoms with Crippen LogP contribution in [0, 0.1) is 10.1 Å². The molecule has 1 N–H and O–H groups in total. The van der Waals surface area contributed by atoms with Gasteiger partial charge >= 0.3 is 0 Å². The van der Waals surface area contributed by atoms with Crippen LogP contribution >= 0.6 is 15.9 Å². The molecule has 8 nitrogen and oxygen atoms in total. The molecule has 9 heteroatoms. The average molecular weight is 437 g/mol. The number of ether oxygens (including phenoxy) is 1. The first-order chi connectivity index (χ1) is 12.7. The topological polar surface area (TPSA) is 97.6 Å². The van der Waals surface area contributed by atoms with Crippen molar-refractivity contribution in [3.63, 3.8) is 0 Å². The van der Waals surface area contributed by atoms with Gasteiger partial charge in [-0.15, -0.1) is 0 Å². The van der Waals surface area contributed by atoms with E-state index in [4.69, 9.17) is 4.74 Å². The molecule has 0 bridgehead atoms. The number of nitro groups is 1. The normalized spacial score (nSPS) is 11.1. The maximum absolute atomic E-state index is 12.4. The Hall–Kier alpha value is -2.52. The molecule has 144 valence electrons. The van der Waals surface area contributed by atoms with Crippen molar-refractivity contribution in [2.75, 3.05) is 25.1 Å². The number of anilines is 1. The highest BCUT2D eigenvalue weighted by Crippen LogP contribution is 2.22. The smallest absolute Gasteiger partial charge is 0.269 e. The number of pyridine rings is 1. The van der Waals surface area contributed by atoms with E-state index in [2.05, 4.69) is 26.2 Å². The summed E-state index contributed by atoms with van der Waals surface area (Å²) in [5.41, 5.74) is 0.0960. The highest BCUT2D eigenvalue weighted by atomic mass is 79.9. The van der Waals surface area contributed by atoms with E-state index in [9.17, 15) is 14.9 Å². The molecule has 1 heterocycles. The fraction of sp³-hybridized carbons (Fsp3) is 0.333. The summed E-state index contributed by atoms with van der Waals surface area (Å²) in [5, 5.41) is 13.9. The van der Waals surface area contributed by atoms with Gasteiger partial charge in [0.05, 0.1) is 15.9 Å². The molecule has 1 amide bonds. The number of likely N-dealkylation sites (N-methyl/N-ethyl adjacent to an activating group) is 1. The largest absolute Gasteiger partial charge is 0.475 e. The number of nitrogens with one attached hydrogen (secondary N) is 1. The number of non-ortho nitro benzene ring substituents is 1. The summed E-state index contributed by atoms with van der Waals surface area (Å²) in [6, 6.07) is 9.47. The van der Waals surface area contributed by atoms with Crippen LogP contribution in [0.25, 0.3) is 0 Å². The number of rotatable bonds is 8. The Bertz CT molecular complexity index is 811. The molecule has 0 aliphatic carbocycles. The molecule has 0 aliphatic heterocycles. The fourth-order valence-electron chi connectivity index (χ4n) is 2.15. The molecule has 0 spiro atoms. The fourth-order valence-corrected chi connectivity index (χ4v) is 2.52. The van der Waals surface area contributed by atoms with E-state index in [-0.39, 0.29) is 18.1 Å². The molecular weight excluding hydrogens is 416 g/mol. The van der Waals surface area contributed by atoms with Crippen molar-refractivity contribution in [2.45, 2.75) is 19.4 Å². The molecule has 0 unspecified atom stereocenters. The molecule has 0 aliphatic rings. The van der Waals surface area contributed by atoms with Crippen LogP contribution in [0.2, 0.25) is 0 Å². The number of halogens is 1. The quantitative estimate of drug-likeness (QED) is 0.503. The molecule has 1 aromatic carbocycles. The molecule has 0 fully saturated rings. The summed E-state index contributed by atoms with van der Waals surface area (Å²) in [4.78, 5) is 28.2. The zero-order chi connectivity index (χ0) is 20.0. The Balaban J connectivity index is 1.89. The summed E-state index contributed by atoms with van der Waals surface area (Å²) in [7, 11) is 1.62. The van der Waals surface area contributed by atoms with Crippen LogP contribution in [0.3, 0.4) is 0 Å². The maximum Gasteiger partial charge on any atom is 0.269 e. The summed E-state index contributed by atoms with van der Waals surface area (Å²) >= 11 is 3.37. The van der Waals surface area contributed by atoms with Crippen molar-refractivity contribution in [3.8, 4) is 5.88 Å². The number of benzene rings is 1. The standard InChI is InChI=1S/C18H21BrN4O4/c1-18(2,12-27-17-15(19)5-4-10-20-17)21-11-16(24)22(3)13-6-8-14(9-7-13)23(25)26/h4-10,21H,11-12H2,1-3H3. The third-order valence-corrected chi connectivity index (χ3v) is 4.44. The van der Waals surface area contributed by atoms with Gasteiger partial charge in [0.2, 0.25) is 11.8 Å². The van der Waals surface area contributed by atoms with Gasteiger partial charge in [-0.25, -0.2) is 4.98 Å². The van der Waals surface area contributed by atoms with Crippen molar-refractivity contribution < 1.29 is 14.5 Å². The molecule has 0 saturated heterocycles. The Kier molecular flexibility index (Phi) is 6.86. The Morgan fingerprint density at radius 3 is 2.59 bits per heavy atom. The van der Waals surface area contributed by atoms with Crippen molar-refractivity contribution in [1.29, 1.82) is 0 Å². The first-order valence-corrected chi connectivity index (χ1v) is 8.98. The third kappa shape index (κ3) is 6.00. The maximum atomic E-state index is 12.4. The predicted molar refractivity (Wildman–Crippen MR) is 106 cm³/mol. The van der Waals surface area contributed by atoms with Crippen LogP contribution in [0.15, 0.2) is 47.1 Å². The van der Waals surface area contributed by atoms with Gasteiger partial charge in [-0.2, -0.15) is 0 Å². The Morgan fingerprint density at radius 2 is 2.00 bits per heavy atom. The molecule has 0 atom stereocenters. The number of aromatic nitrogens is 1. The number of hydrogen-bond acceptors (Lipinski definition) is 6. The minimum absolute atomic E-state index is 0.0170. The lowest BCUT2D eigenvalue weighted by atomic mass is 10.1. The van der Waals surface area contributed by atoms with E-state index in [1.165, 1.54) is 17.0 Å². The van der Waals surface area contributed by atoms with Crippen LogP contribution in [0.4, 0.5) is 11.4 Å². The second kappa shape index (κ2) is 8.92. The lowest BCUT2D eigenvalue weighted by molar-refractivity contribution is -0.384. The molecule has 1 aromatic heterocycles. The van der Waals surface area contributed by atoms with Crippen LogP contribution < -0.4 is 15.0 Å². The van der Waals surface area contributed by atoms with Gasteiger partial charge in [0, 0.05) is 36.6 Å². The summed E-state index contributed by atoms with van der Waals surface area (Å²) < 4.78 is 6.46. The number of nitrogens with zero attached hydrogens (tertiary/aromatic N) is 3. The molecule has 27 heavy (non-hydrogen) atoms. The minimum atomic E-state index is -0.477. The first-order valence-electron chi connectivity index (χ1n) is 8.19. The van der Waals surface area contributed by atoms with E-state index in [1.54, 1.807) is 31.4 Å². The third-order valence-electron chi connectivity index (χ3n) is 3.83. The van der Waals surface area contributed by atoms with Crippen molar-refractivity contribution in [3.05, 3.63) is 57.2 Å². The van der Waals surface area contributed by atoms with E-state index in [1.807, 2.05) is 19.9 Å². The van der Waals surface area contributed by atoms with Gasteiger partial charge in [-0.3, -0.25) is 14.9 Å². The number of hydrogen-bond donors (Lipinski definition) is 1. The zero-order valence-corrected chi connectivity index (χ0v) is 16.9. The van der Waals surface area contributed by atoms with E-state index in [0.717, 1.165) is 4.47 Å². The van der Waals surface area contributed by atoms with Gasteiger partial charge in [0.25, 0.3) is 5.69 Å². The molecule has 0 saturated carbocycles. The lowest BCUT2D eigenvalue weighted by Crippen LogP contribution is -2.49. The molecule has 0 radical (unpaired) electrons. The number of nitro benzene ring substituents is 1. The van der Waals surface area contributed by atoms with Crippen LogP contribution in [-0.2, 0) is 4.79 Å². The van der Waals surface area contributed by atoms with Crippen LogP contribution in [-0.4, -0.2) is 41.6 Å². The molecule has 2 aromatic rings. The monoisotopic (exact) mass is 436 g/mol. The minimum Gasteiger partial charge on any atom is -0.475 e. The van der Waals surface area contributed by atoms with Gasteiger partial charge in [0.1, 0.15) is 6.61 Å². The average Bonchev–Trinajstić information content (AvgIpc) is 2.65. The van der Waals surface area contributed by atoms with Gasteiger partial charge < -0.3 is 15.0 Å². The van der Waals surface area contributed by atoms with Crippen LogP contribution in [0.5, 0.6) is 5.88 Å². The SMILES string of the molecule is CN(C(=O)CNC(C)(C)COc1ncccc1Br)c1ccc([N+](=O)[O-])cc1. The highest BCUT2D eigenvalue weighted by Gasteiger charge is 2.22. The predicted octanol–water partition coefficient (Wildman–Crippen LogP) is 3.16. The molecule has 2 rings (SSSR count). The Morgan fingerprint density at radius 1 is 1.33 bits per heavy atom. The molecular formula is C18H21BrN4O4. The van der Waals surface area contributed by atoms with Gasteiger partial charge in [-0.1, -0.05) is 0 Å². The highest BCUT2D eigenvalue weighted by molar-refractivity contribution is 9.10. The summed E-state index contributed by atoms with van der Waals surface area (Å²) in [6.07, 6.45) is 1.64. The van der Waals surface area contributed by atoms with Crippen molar-refractivity contribution in [2.24, 2.45) is 0 Å². The second-order valence-electron chi connectivity index (χ2n) is 6.54. The number of amides is 1. The van der Waals surface area contributed by atoms with Crippen molar-refractivity contribution >= 4 is 33.2 Å². The van der Waals surface area contributed by atoms with Crippen LogP contribution in [0.1, 0.15) is 13.8 Å². The summed E-state index contributed by atoms with van der Waals surface area (Å²) in [5.74, 6) is 0.317. The van der Waals surface area contributed by atoms with Gasteiger partial charge in [-0.05, 0) is 54.0 Å². The number of carbonyl (C=O) groups is 1. The lowest BCUT2D eigenvalue weighted by Gasteiger charge is -2.27. The van der Waals surface area contributed by atoms with E-state index >= 15 is 0 Å².